The van der Waals surface area contributed by atoms with Crippen LogP contribution in [0.1, 0.15) is 0 Å². The molecule has 0 atom stereocenters. The Morgan fingerprint density at radius 2 is 1.46 bits per heavy atom. The average molecular weight is 174 g/mol. The van der Waals surface area contributed by atoms with Gasteiger partial charge in [-0.15, -0.1) is 0 Å². The molecule has 0 radical (unpaired) electrons. The molecule has 0 fully saturated rings. The second-order valence-electron chi connectivity index (χ2n) is 2.18. The third-order valence-electron chi connectivity index (χ3n) is 1.18. The summed E-state index contributed by atoms with van der Waals surface area (Å²) in [5.41, 5.74) is 6.08. The molecule has 0 aliphatic rings. The standard InChI is InChI=1S/C5H6N2.C4H4N2/c6-5-1-3-7-4-2-5;1-2-5-4-6-3-1/h1-4H,(H2,6,7);1-4H. The number of nitrogen functional groups attached to an aromatic ring is 1. The molecular formula is C9H10N4. The van der Waals surface area contributed by atoms with Crippen LogP contribution < -0.4 is 5.73 Å². The maximum Gasteiger partial charge on any atom is 0.115 e. The Hall–Kier alpha value is -1.97. The molecule has 0 amide bonds. The Balaban J connectivity index is 0.000000132. The molecule has 0 bridgehead atoms. The summed E-state index contributed by atoms with van der Waals surface area (Å²) in [6.07, 6.45) is 8.20. The van der Waals surface area contributed by atoms with Crippen LogP contribution >= 0.6 is 0 Å². The largest absolute Gasteiger partial charge is 0.399 e. The maximum absolute atomic E-state index is 5.32. The van der Waals surface area contributed by atoms with Gasteiger partial charge in [0.05, 0.1) is 0 Å². The number of rotatable bonds is 0. The highest BCUT2D eigenvalue weighted by molar-refractivity contribution is 5.33. The van der Waals surface area contributed by atoms with Crippen molar-refractivity contribution in [2.24, 2.45) is 0 Å². The lowest BCUT2D eigenvalue weighted by molar-refractivity contribution is 1.17. The van der Waals surface area contributed by atoms with Crippen molar-refractivity contribution in [3.05, 3.63) is 49.3 Å². The predicted octanol–water partition coefficient (Wildman–Crippen LogP) is 1.14. The summed E-state index contributed by atoms with van der Waals surface area (Å²) in [5, 5.41) is 0. The van der Waals surface area contributed by atoms with E-state index in [-0.39, 0.29) is 0 Å². The van der Waals surface area contributed by atoms with Crippen LogP contribution in [-0.4, -0.2) is 15.0 Å². The van der Waals surface area contributed by atoms with E-state index >= 15 is 0 Å². The summed E-state index contributed by atoms with van der Waals surface area (Å²) < 4.78 is 0. The van der Waals surface area contributed by atoms with Gasteiger partial charge >= 0.3 is 0 Å². The SMILES string of the molecule is Nc1ccncc1.c1cncnc1. The van der Waals surface area contributed by atoms with E-state index < -0.39 is 0 Å². The van der Waals surface area contributed by atoms with Gasteiger partial charge in [0.25, 0.3) is 0 Å². The number of nitrogens with zero attached hydrogens (tertiary/aromatic N) is 3. The van der Waals surface area contributed by atoms with Crippen molar-refractivity contribution in [2.45, 2.75) is 0 Å². The fraction of sp³-hybridized carbons (Fsp3) is 0. The molecule has 2 aromatic rings. The van der Waals surface area contributed by atoms with Crippen LogP contribution in [0.5, 0.6) is 0 Å². The average Bonchev–Trinajstić information content (AvgIpc) is 2.22. The van der Waals surface area contributed by atoms with Crippen LogP contribution in [0, 0.1) is 0 Å². The second kappa shape index (κ2) is 5.65. The summed E-state index contributed by atoms with van der Waals surface area (Å²) in [7, 11) is 0. The second-order valence-corrected chi connectivity index (χ2v) is 2.18. The fourth-order valence-corrected chi connectivity index (χ4v) is 0.617. The number of anilines is 1. The first-order valence-electron chi connectivity index (χ1n) is 3.75. The highest BCUT2D eigenvalue weighted by Crippen LogP contribution is 1.92. The minimum atomic E-state index is 0.759. The van der Waals surface area contributed by atoms with E-state index in [4.69, 9.17) is 5.73 Å². The van der Waals surface area contributed by atoms with Crippen LogP contribution in [0.4, 0.5) is 5.69 Å². The molecule has 2 heterocycles. The van der Waals surface area contributed by atoms with Gasteiger partial charge in [0, 0.05) is 30.5 Å². The van der Waals surface area contributed by atoms with Crippen LogP contribution in [0.15, 0.2) is 49.3 Å². The van der Waals surface area contributed by atoms with Crippen molar-refractivity contribution >= 4 is 5.69 Å². The molecule has 4 nitrogen and oxygen atoms in total. The van der Waals surface area contributed by atoms with Gasteiger partial charge < -0.3 is 5.73 Å². The molecular weight excluding hydrogens is 164 g/mol. The van der Waals surface area contributed by atoms with Gasteiger partial charge in [-0.2, -0.15) is 0 Å². The Morgan fingerprint density at radius 3 is 1.69 bits per heavy atom. The first kappa shape index (κ1) is 9.12. The molecule has 4 heteroatoms. The lowest BCUT2D eigenvalue weighted by Crippen LogP contribution is -1.81. The Morgan fingerprint density at radius 1 is 0.846 bits per heavy atom. The van der Waals surface area contributed by atoms with Crippen molar-refractivity contribution in [2.75, 3.05) is 5.73 Å². The third kappa shape index (κ3) is 4.47. The Labute approximate surface area is 76.5 Å². The highest BCUT2D eigenvalue weighted by Gasteiger charge is 1.73. The molecule has 2 N–H and O–H groups in total. The van der Waals surface area contributed by atoms with Gasteiger partial charge in [-0.1, -0.05) is 0 Å². The summed E-state index contributed by atoms with van der Waals surface area (Å²) in [6, 6.07) is 5.28. The molecule has 2 rings (SSSR count). The minimum absolute atomic E-state index is 0.759. The molecule has 0 spiro atoms. The van der Waals surface area contributed by atoms with Gasteiger partial charge in [0.1, 0.15) is 6.33 Å². The smallest absolute Gasteiger partial charge is 0.115 e. The van der Waals surface area contributed by atoms with E-state index in [1.54, 1.807) is 43.0 Å². The van der Waals surface area contributed by atoms with E-state index in [1.165, 1.54) is 6.33 Å². The molecule has 0 aliphatic heterocycles. The summed E-state index contributed by atoms with van der Waals surface area (Å²) in [6.45, 7) is 0. The topological polar surface area (TPSA) is 64.7 Å². The molecule has 0 unspecified atom stereocenters. The zero-order valence-corrected chi connectivity index (χ0v) is 7.04. The third-order valence-corrected chi connectivity index (χ3v) is 1.18. The Kier molecular flexibility index (Phi) is 3.96. The molecule has 0 aromatic carbocycles. The predicted molar refractivity (Wildman–Crippen MR) is 50.7 cm³/mol. The van der Waals surface area contributed by atoms with Crippen molar-refractivity contribution in [1.29, 1.82) is 0 Å². The van der Waals surface area contributed by atoms with Crippen molar-refractivity contribution in [1.82, 2.24) is 15.0 Å². The molecule has 13 heavy (non-hydrogen) atoms. The summed E-state index contributed by atoms with van der Waals surface area (Å²) >= 11 is 0. The van der Waals surface area contributed by atoms with Gasteiger partial charge in [0.15, 0.2) is 0 Å². The van der Waals surface area contributed by atoms with E-state index in [2.05, 4.69) is 15.0 Å². The van der Waals surface area contributed by atoms with E-state index in [1.807, 2.05) is 0 Å². The van der Waals surface area contributed by atoms with E-state index in [9.17, 15) is 0 Å². The summed E-state index contributed by atoms with van der Waals surface area (Å²) in [5.74, 6) is 0. The van der Waals surface area contributed by atoms with E-state index in [0.29, 0.717) is 0 Å². The molecule has 0 saturated heterocycles. The number of pyridine rings is 1. The number of nitrogens with two attached hydrogens (primary N) is 1. The molecule has 0 aliphatic carbocycles. The monoisotopic (exact) mass is 174 g/mol. The van der Waals surface area contributed by atoms with Crippen molar-refractivity contribution < 1.29 is 0 Å². The Bertz CT molecular complexity index is 282. The van der Waals surface area contributed by atoms with Crippen LogP contribution in [-0.2, 0) is 0 Å². The van der Waals surface area contributed by atoms with Crippen LogP contribution in [0.25, 0.3) is 0 Å². The van der Waals surface area contributed by atoms with Crippen LogP contribution in [0.3, 0.4) is 0 Å². The van der Waals surface area contributed by atoms with Gasteiger partial charge in [-0.25, -0.2) is 9.97 Å². The normalized spacial score (nSPS) is 8.31. The van der Waals surface area contributed by atoms with Crippen molar-refractivity contribution in [3.63, 3.8) is 0 Å². The first-order chi connectivity index (χ1) is 6.39. The number of hydrogen-bond donors (Lipinski definition) is 1. The lowest BCUT2D eigenvalue weighted by Gasteiger charge is -1.83. The first-order valence-corrected chi connectivity index (χ1v) is 3.75. The molecule has 2 aromatic heterocycles. The van der Waals surface area contributed by atoms with E-state index in [0.717, 1.165) is 5.69 Å². The maximum atomic E-state index is 5.32. The molecule has 0 saturated carbocycles. The summed E-state index contributed by atoms with van der Waals surface area (Å²) in [4.78, 5) is 11.1. The fourth-order valence-electron chi connectivity index (χ4n) is 0.617. The quantitative estimate of drug-likeness (QED) is 0.650. The minimum Gasteiger partial charge on any atom is -0.399 e. The van der Waals surface area contributed by atoms with Crippen molar-refractivity contribution in [3.8, 4) is 0 Å². The number of aromatic nitrogens is 3. The van der Waals surface area contributed by atoms with Gasteiger partial charge in [-0.3, -0.25) is 4.98 Å². The lowest BCUT2D eigenvalue weighted by atomic mass is 10.4. The van der Waals surface area contributed by atoms with Gasteiger partial charge in [0.2, 0.25) is 0 Å². The van der Waals surface area contributed by atoms with Gasteiger partial charge in [-0.05, 0) is 18.2 Å². The van der Waals surface area contributed by atoms with Crippen LogP contribution in [0.2, 0.25) is 0 Å². The highest BCUT2D eigenvalue weighted by atomic mass is 14.8. The zero-order chi connectivity index (χ0) is 9.36. The zero-order valence-electron chi connectivity index (χ0n) is 7.04. The number of hydrogen-bond acceptors (Lipinski definition) is 4. The molecule has 66 valence electrons.